The first kappa shape index (κ1) is 18.5. The number of benzene rings is 1. The minimum absolute atomic E-state index is 0.00177. The van der Waals surface area contributed by atoms with Crippen LogP contribution in [0, 0.1) is 6.92 Å². The van der Waals surface area contributed by atoms with Crippen molar-refractivity contribution in [1.29, 1.82) is 0 Å². The zero-order valence-corrected chi connectivity index (χ0v) is 15.1. The quantitative estimate of drug-likeness (QED) is 0.564. The van der Waals surface area contributed by atoms with Gasteiger partial charge in [0.2, 0.25) is 0 Å². The number of carbonyl (C=O) groups excluding carboxylic acids is 1. The van der Waals surface area contributed by atoms with E-state index in [-0.39, 0.29) is 17.6 Å². The second kappa shape index (κ2) is 7.96. The minimum Gasteiger partial charge on any atom is -0.461 e. The molecule has 0 aliphatic carbocycles. The van der Waals surface area contributed by atoms with E-state index in [0.717, 1.165) is 11.1 Å². The number of aromatic amines is 2. The van der Waals surface area contributed by atoms with Gasteiger partial charge in [-0.25, -0.2) is 9.78 Å². The Balaban J connectivity index is 1.95. The van der Waals surface area contributed by atoms with E-state index in [9.17, 15) is 14.4 Å². The molecule has 27 heavy (non-hydrogen) atoms. The van der Waals surface area contributed by atoms with Crippen molar-refractivity contribution in [2.24, 2.45) is 0 Å². The Morgan fingerprint density at radius 3 is 2.67 bits per heavy atom. The highest BCUT2D eigenvalue weighted by Crippen LogP contribution is 2.17. The van der Waals surface area contributed by atoms with Crippen LogP contribution in [0.15, 0.2) is 40.1 Å². The van der Waals surface area contributed by atoms with Crippen LogP contribution in [0.1, 0.15) is 29.2 Å². The normalized spacial score (nSPS) is 10.9. The fourth-order valence-corrected chi connectivity index (χ4v) is 2.87. The number of H-pyrrole nitrogens is 2. The predicted octanol–water partition coefficient (Wildman–Crippen LogP) is 1.27. The molecular weight excluding hydrogens is 348 g/mol. The number of aryl methyl sites for hydroxylation is 1. The Morgan fingerprint density at radius 1 is 1.15 bits per heavy atom. The number of fused-ring (bicyclic) bond motifs is 1. The summed E-state index contributed by atoms with van der Waals surface area (Å²) >= 11 is 0. The van der Waals surface area contributed by atoms with E-state index in [2.05, 4.69) is 20.3 Å². The van der Waals surface area contributed by atoms with E-state index in [1.165, 1.54) is 13.1 Å². The van der Waals surface area contributed by atoms with Gasteiger partial charge in [-0.3, -0.25) is 19.6 Å². The highest BCUT2D eigenvalue weighted by atomic mass is 16.5. The molecule has 1 aromatic carbocycles. The Bertz CT molecular complexity index is 1100. The third-order valence-electron chi connectivity index (χ3n) is 4.27. The molecule has 8 heteroatoms. The first-order valence-corrected chi connectivity index (χ1v) is 8.47. The molecule has 0 amide bonds. The van der Waals surface area contributed by atoms with E-state index in [1.807, 2.05) is 31.2 Å². The molecule has 0 aliphatic heterocycles. The number of rotatable bonds is 6. The summed E-state index contributed by atoms with van der Waals surface area (Å²) in [7, 11) is 0. The molecule has 0 unspecified atom stereocenters. The van der Waals surface area contributed by atoms with E-state index < -0.39 is 17.2 Å². The van der Waals surface area contributed by atoms with Crippen LogP contribution in [-0.4, -0.2) is 20.9 Å². The van der Waals surface area contributed by atoms with Crippen molar-refractivity contribution in [1.82, 2.24) is 20.3 Å². The van der Waals surface area contributed by atoms with Gasteiger partial charge in [0.15, 0.2) is 0 Å². The Labute approximate surface area is 154 Å². The molecule has 3 rings (SSSR count). The van der Waals surface area contributed by atoms with Gasteiger partial charge >= 0.3 is 11.7 Å². The lowest BCUT2D eigenvalue weighted by molar-refractivity contribution is -0.142. The van der Waals surface area contributed by atoms with E-state index in [0.29, 0.717) is 24.2 Å². The first-order valence-electron chi connectivity index (χ1n) is 8.47. The molecule has 0 aliphatic rings. The Hall–Kier alpha value is -3.26. The smallest absolute Gasteiger partial charge is 0.327 e. The number of ether oxygens (including phenoxy) is 1. The second-order valence-corrected chi connectivity index (χ2v) is 6.20. The maximum atomic E-state index is 12.3. The first-order chi connectivity index (χ1) is 13.0. The third-order valence-corrected chi connectivity index (χ3v) is 4.27. The van der Waals surface area contributed by atoms with Crippen molar-refractivity contribution >= 4 is 17.0 Å². The summed E-state index contributed by atoms with van der Waals surface area (Å²) in [6.45, 7) is 4.29. The molecule has 0 fully saturated rings. The highest BCUT2D eigenvalue weighted by molar-refractivity contribution is 5.78. The van der Waals surface area contributed by atoms with Crippen molar-refractivity contribution in [2.45, 2.75) is 33.5 Å². The number of nitrogens with zero attached hydrogens (tertiary/aromatic N) is 1. The summed E-state index contributed by atoms with van der Waals surface area (Å²) in [5.74, 6) is -0.427. The number of aromatic nitrogens is 3. The van der Waals surface area contributed by atoms with Crippen molar-refractivity contribution in [3.63, 3.8) is 0 Å². The lowest BCUT2D eigenvalue weighted by Gasteiger charge is -2.13. The van der Waals surface area contributed by atoms with Crippen molar-refractivity contribution in [3.8, 4) is 0 Å². The molecule has 2 aromatic heterocycles. The molecule has 8 nitrogen and oxygen atoms in total. The van der Waals surface area contributed by atoms with Gasteiger partial charge < -0.3 is 10.1 Å². The highest BCUT2D eigenvalue weighted by Gasteiger charge is 2.14. The van der Waals surface area contributed by atoms with Gasteiger partial charge in [-0.1, -0.05) is 24.3 Å². The summed E-state index contributed by atoms with van der Waals surface area (Å²) in [6.07, 6.45) is 1.51. The van der Waals surface area contributed by atoms with Crippen molar-refractivity contribution in [2.75, 3.05) is 0 Å². The van der Waals surface area contributed by atoms with Crippen molar-refractivity contribution < 1.29 is 9.53 Å². The SMILES string of the molecule is CC(=O)OCc1cnc2[nH]c(=O)[nH]c(=O)c2c1CNCc1ccccc1C. The Morgan fingerprint density at radius 2 is 1.93 bits per heavy atom. The molecule has 0 bridgehead atoms. The van der Waals surface area contributed by atoms with Gasteiger partial charge in [0.1, 0.15) is 12.3 Å². The maximum absolute atomic E-state index is 12.3. The van der Waals surface area contributed by atoms with Crippen LogP contribution in [-0.2, 0) is 29.2 Å². The molecule has 0 atom stereocenters. The van der Waals surface area contributed by atoms with Crippen molar-refractivity contribution in [3.05, 3.63) is 73.6 Å². The molecular formula is C19H20N4O4. The number of nitrogens with one attached hydrogen (secondary N) is 3. The second-order valence-electron chi connectivity index (χ2n) is 6.20. The molecule has 0 spiro atoms. The molecule has 0 saturated carbocycles. The van der Waals surface area contributed by atoms with Gasteiger partial charge in [-0.05, 0) is 23.6 Å². The van der Waals surface area contributed by atoms with E-state index in [4.69, 9.17) is 4.74 Å². The fraction of sp³-hybridized carbons (Fsp3) is 0.263. The zero-order valence-electron chi connectivity index (χ0n) is 15.1. The largest absolute Gasteiger partial charge is 0.461 e. The average molecular weight is 368 g/mol. The number of pyridine rings is 1. The summed E-state index contributed by atoms with van der Waals surface area (Å²) in [4.78, 5) is 43.9. The Kier molecular flexibility index (Phi) is 5.46. The van der Waals surface area contributed by atoms with E-state index >= 15 is 0 Å². The van der Waals surface area contributed by atoms with Crippen LogP contribution in [0.5, 0.6) is 0 Å². The summed E-state index contributed by atoms with van der Waals surface area (Å²) in [5, 5.41) is 3.58. The predicted molar refractivity (Wildman–Crippen MR) is 100 cm³/mol. The zero-order chi connectivity index (χ0) is 19.4. The summed E-state index contributed by atoms with van der Waals surface area (Å²) in [5.41, 5.74) is 2.58. The average Bonchev–Trinajstić information content (AvgIpc) is 2.61. The molecule has 0 saturated heterocycles. The molecule has 140 valence electrons. The monoisotopic (exact) mass is 368 g/mol. The van der Waals surface area contributed by atoms with Gasteiger partial charge in [0, 0.05) is 31.8 Å². The van der Waals surface area contributed by atoms with E-state index in [1.54, 1.807) is 0 Å². The van der Waals surface area contributed by atoms with Crippen LogP contribution >= 0.6 is 0 Å². The maximum Gasteiger partial charge on any atom is 0.327 e. The molecule has 3 aromatic rings. The van der Waals surface area contributed by atoms with Gasteiger partial charge in [0.25, 0.3) is 5.56 Å². The standard InChI is InChI=1S/C19H20N4O4/c1-11-5-3-4-6-13(11)7-20-9-15-14(10-27-12(2)24)8-21-17-16(15)18(25)23-19(26)22-17/h3-6,8,20H,7,9-10H2,1-2H3,(H2,21,22,23,25,26). The van der Waals surface area contributed by atoms with Gasteiger partial charge in [-0.2, -0.15) is 0 Å². The summed E-state index contributed by atoms with van der Waals surface area (Å²) in [6, 6.07) is 7.99. The van der Waals surface area contributed by atoms with Gasteiger partial charge in [-0.15, -0.1) is 0 Å². The molecule has 0 radical (unpaired) electrons. The summed E-state index contributed by atoms with van der Waals surface area (Å²) < 4.78 is 5.07. The van der Waals surface area contributed by atoms with Crippen LogP contribution in [0.25, 0.3) is 11.0 Å². The molecule has 2 heterocycles. The number of hydrogen-bond donors (Lipinski definition) is 3. The number of esters is 1. The number of hydrogen-bond acceptors (Lipinski definition) is 6. The third kappa shape index (κ3) is 4.29. The fourth-order valence-electron chi connectivity index (χ4n) is 2.87. The minimum atomic E-state index is -0.619. The van der Waals surface area contributed by atoms with Crippen LogP contribution in [0.4, 0.5) is 0 Å². The van der Waals surface area contributed by atoms with Crippen LogP contribution in [0.3, 0.4) is 0 Å². The number of carbonyl (C=O) groups is 1. The lowest BCUT2D eigenvalue weighted by Crippen LogP contribution is -2.25. The van der Waals surface area contributed by atoms with Crippen LogP contribution < -0.4 is 16.6 Å². The van der Waals surface area contributed by atoms with Crippen LogP contribution in [0.2, 0.25) is 0 Å². The molecule has 3 N–H and O–H groups in total. The lowest BCUT2D eigenvalue weighted by atomic mass is 10.1. The topological polar surface area (TPSA) is 117 Å². The van der Waals surface area contributed by atoms with Gasteiger partial charge in [0.05, 0.1) is 5.39 Å².